The van der Waals surface area contributed by atoms with Gasteiger partial charge in [0.1, 0.15) is 18.0 Å². The van der Waals surface area contributed by atoms with E-state index in [9.17, 15) is 0 Å². The number of benzene rings is 1. The summed E-state index contributed by atoms with van der Waals surface area (Å²) in [6.07, 6.45) is 1.80. The number of ether oxygens (including phenoxy) is 3. The third-order valence-corrected chi connectivity index (χ3v) is 3.12. The zero-order chi connectivity index (χ0) is 15.4. The van der Waals surface area contributed by atoms with Gasteiger partial charge in [-0.15, -0.1) is 37.2 Å². The van der Waals surface area contributed by atoms with Crippen LogP contribution in [0, 0.1) is 0 Å². The Balaban J connectivity index is 0. The predicted molar refractivity (Wildman–Crippen MR) is 102 cm³/mol. The van der Waals surface area contributed by atoms with Gasteiger partial charge in [0, 0.05) is 12.0 Å². The molecular formula is C14H21Cl3N4O3. The molecule has 24 heavy (non-hydrogen) atoms. The van der Waals surface area contributed by atoms with E-state index in [0.29, 0.717) is 40.9 Å². The van der Waals surface area contributed by atoms with Crippen molar-refractivity contribution in [3.8, 4) is 17.2 Å². The second kappa shape index (κ2) is 10.9. The van der Waals surface area contributed by atoms with Gasteiger partial charge in [-0.3, -0.25) is 0 Å². The van der Waals surface area contributed by atoms with Gasteiger partial charge >= 0.3 is 0 Å². The molecule has 0 atom stereocenters. The molecule has 2 aromatic rings. The number of methoxy groups -OCH3 is 3. The monoisotopic (exact) mass is 398 g/mol. The van der Waals surface area contributed by atoms with Gasteiger partial charge in [0.05, 0.1) is 21.3 Å². The van der Waals surface area contributed by atoms with E-state index in [0.717, 1.165) is 5.56 Å². The molecule has 0 saturated heterocycles. The molecule has 10 heteroatoms. The maximum Gasteiger partial charge on any atom is 0.203 e. The standard InChI is InChI=1S/C14H18N4O3.3ClH/c1-19-10-5-8(6-11(20-2)12(10)21-3)4-9-13(15)17-7-18-14(9)16;;;/h5-7H,4H2,1-3H3,(H4,15,16,17,18);3*1H. The minimum absolute atomic E-state index is 0. The Morgan fingerprint density at radius 1 is 0.833 bits per heavy atom. The molecule has 0 unspecified atom stereocenters. The minimum Gasteiger partial charge on any atom is -0.493 e. The average molecular weight is 400 g/mol. The van der Waals surface area contributed by atoms with E-state index < -0.39 is 0 Å². The van der Waals surface area contributed by atoms with Crippen molar-refractivity contribution in [2.24, 2.45) is 0 Å². The second-order valence-electron chi connectivity index (χ2n) is 4.33. The first-order valence-corrected chi connectivity index (χ1v) is 6.24. The number of hydrogen-bond donors (Lipinski definition) is 2. The normalized spacial score (nSPS) is 8.96. The summed E-state index contributed by atoms with van der Waals surface area (Å²) in [6, 6.07) is 3.68. The molecule has 0 saturated carbocycles. The van der Waals surface area contributed by atoms with Gasteiger partial charge < -0.3 is 25.7 Å². The van der Waals surface area contributed by atoms with Gasteiger partial charge in [0.25, 0.3) is 0 Å². The number of hydrogen-bond acceptors (Lipinski definition) is 7. The SMILES string of the molecule is COc1cc(Cc2c(N)ncnc2N)cc(OC)c1OC.Cl.Cl.Cl. The molecule has 0 fully saturated rings. The highest BCUT2D eigenvalue weighted by atomic mass is 35.5. The molecule has 4 N–H and O–H groups in total. The average Bonchev–Trinajstić information content (AvgIpc) is 2.49. The Kier molecular flexibility index (Phi) is 11.0. The third-order valence-electron chi connectivity index (χ3n) is 3.12. The lowest BCUT2D eigenvalue weighted by molar-refractivity contribution is 0.324. The highest BCUT2D eigenvalue weighted by Crippen LogP contribution is 2.39. The Bertz CT molecular complexity index is 614. The molecule has 2 rings (SSSR count). The van der Waals surface area contributed by atoms with E-state index in [1.165, 1.54) is 6.33 Å². The van der Waals surface area contributed by atoms with Crippen LogP contribution in [-0.2, 0) is 6.42 Å². The first kappa shape index (κ1) is 24.4. The molecule has 0 aliphatic heterocycles. The van der Waals surface area contributed by atoms with E-state index in [1.54, 1.807) is 21.3 Å². The van der Waals surface area contributed by atoms with Gasteiger partial charge in [-0.25, -0.2) is 9.97 Å². The quantitative estimate of drug-likeness (QED) is 0.795. The smallest absolute Gasteiger partial charge is 0.203 e. The Morgan fingerprint density at radius 3 is 1.67 bits per heavy atom. The molecule has 7 nitrogen and oxygen atoms in total. The largest absolute Gasteiger partial charge is 0.493 e. The second-order valence-corrected chi connectivity index (χ2v) is 4.33. The first-order valence-electron chi connectivity index (χ1n) is 6.24. The van der Waals surface area contributed by atoms with Crippen molar-refractivity contribution in [2.75, 3.05) is 32.8 Å². The highest BCUT2D eigenvalue weighted by molar-refractivity contribution is 5.86. The lowest BCUT2D eigenvalue weighted by atomic mass is 10.0. The molecule has 0 radical (unpaired) electrons. The van der Waals surface area contributed by atoms with E-state index in [2.05, 4.69) is 9.97 Å². The van der Waals surface area contributed by atoms with Crippen LogP contribution in [0.1, 0.15) is 11.1 Å². The van der Waals surface area contributed by atoms with E-state index >= 15 is 0 Å². The Labute approximate surface area is 159 Å². The summed E-state index contributed by atoms with van der Waals surface area (Å²) in [5.41, 5.74) is 13.3. The molecule has 0 spiro atoms. The summed E-state index contributed by atoms with van der Waals surface area (Å²) in [4.78, 5) is 7.91. The van der Waals surface area contributed by atoms with Crippen LogP contribution in [0.5, 0.6) is 17.2 Å². The van der Waals surface area contributed by atoms with Crippen LogP contribution in [0.25, 0.3) is 0 Å². The fourth-order valence-corrected chi connectivity index (χ4v) is 2.06. The fraction of sp³-hybridized carbons (Fsp3) is 0.286. The highest BCUT2D eigenvalue weighted by Gasteiger charge is 2.15. The van der Waals surface area contributed by atoms with E-state index in [4.69, 9.17) is 25.7 Å². The maximum absolute atomic E-state index is 5.85. The molecule has 0 aliphatic carbocycles. The van der Waals surface area contributed by atoms with Crippen LogP contribution < -0.4 is 25.7 Å². The van der Waals surface area contributed by atoms with Crippen molar-refractivity contribution >= 4 is 48.9 Å². The molecule has 0 aliphatic rings. The maximum atomic E-state index is 5.85. The van der Waals surface area contributed by atoms with Crippen molar-refractivity contribution in [1.82, 2.24) is 9.97 Å². The summed E-state index contributed by atoms with van der Waals surface area (Å²) >= 11 is 0. The molecule has 0 bridgehead atoms. The molecule has 0 amide bonds. The Morgan fingerprint density at radius 2 is 1.29 bits per heavy atom. The molecule has 1 aromatic heterocycles. The summed E-state index contributed by atoms with van der Waals surface area (Å²) < 4.78 is 15.9. The van der Waals surface area contributed by atoms with Crippen molar-refractivity contribution < 1.29 is 14.2 Å². The van der Waals surface area contributed by atoms with Crippen LogP contribution >= 0.6 is 37.2 Å². The molecular weight excluding hydrogens is 379 g/mol. The Hall–Kier alpha value is -1.83. The summed E-state index contributed by atoms with van der Waals surface area (Å²) in [5, 5.41) is 0. The van der Waals surface area contributed by atoms with E-state index in [-0.39, 0.29) is 37.2 Å². The number of nitrogens with two attached hydrogens (primary N) is 2. The number of anilines is 2. The molecule has 1 aromatic carbocycles. The summed E-state index contributed by atoms with van der Waals surface area (Å²) in [5.74, 6) is 2.39. The minimum atomic E-state index is 0. The van der Waals surface area contributed by atoms with Crippen LogP contribution in [-0.4, -0.2) is 31.3 Å². The van der Waals surface area contributed by atoms with E-state index in [1.807, 2.05) is 12.1 Å². The van der Waals surface area contributed by atoms with Crippen molar-refractivity contribution in [3.63, 3.8) is 0 Å². The first-order chi connectivity index (χ1) is 10.1. The number of nitrogens with zero attached hydrogens (tertiary/aromatic N) is 2. The lowest BCUT2D eigenvalue weighted by Crippen LogP contribution is -2.06. The van der Waals surface area contributed by atoms with Crippen molar-refractivity contribution in [1.29, 1.82) is 0 Å². The predicted octanol–water partition coefficient (Wildman–Crippen LogP) is 2.52. The van der Waals surface area contributed by atoms with Crippen LogP contribution in [0.4, 0.5) is 11.6 Å². The zero-order valence-electron chi connectivity index (χ0n) is 13.4. The van der Waals surface area contributed by atoms with Crippen LogP contribution in [0.15, 0.2) is 18.5 Å². The van der Waals surface area contributed by atoms with Gasteiger partial charge in [0.2, 0.25) is 5.75 Å². The number of rotatable bonds is 5. The van der Waals surface area contributed by atoms with Crippen LogP contribution in [0.3, 0.4) is 0 Å². The number of halogens is 3. The lowest BCUT2D eigenvalue weighted by Gasteiger charge is -2.14. The van der Waals surface area contributed by atoms with Gasteiger partial charge in [0.15, 0.2) is 11.5 Å². The van der Waals surface area contributed by atoms with Crippen LogP contribution in [0.2, 0.25) is 0 Å². The topological polar surface area (TPSA) is 106 Å². The number of nitrogen functional groups attached to an aromatic ring is 2. The van der Waals surface area contributed by atoms with Crippen molar-refractivity contribution in [2.45, 2.75) is 6.42 Å². The molecule has 1 heterocycles. The number of aromatic nitrogens is 2. The van der Waals surface area contributed by atoms with Gasteiger partial charge in [-0.2, -0.15) is 0 Å². The third kappa shape index (κ3) is 5.09. The van der Waals surface area contributed by atoms with Crippen molar-refractivity contribution in [3.05, 3.63) is 29.6 Å². The summed E-state index contributed by atoms with van der Waals surface area (Å²) in [6.45, 7) is 0. The van der Waals surface area contributed by atoms with Gasteiger partial charge in [-0.1, -0.05) is 0 Å². The zero-order valence-corrected chi connectivity index (χ0v) is 15.9. The molecule has 136 valence electrons. The van der Waals surface area contributed by atoms with Gasteiger partial charge in [-0.05, 0) is 17.7 Å². The summed E-state index contributed by atoms with van der Waals surface area (Å²) in [7, 11) is 4.69. The fourth-order valence-electron chi connectivity index (χ4n) is 2.06.